The van der Waals surface area contributed by atoms with Crippen LogP contribution in [0.15, 0.2) is 24.3 Å². The van der Waals surface area contributed by atoms with Gasteiger partial charge in [-0.2, -0.15) is 0 Å². The third kappa shape index (κ3) is 9.87. The quantitative estimate of drug-likeness (QED) is 0.176. The minimum Gasteiger partial charge on any atom is -0.320 e. The van der Waals surface area contributed by atoms with E-state index in [9.17, 15) is 4.79 Å². The number of unbranched alkanes of at least 4 members (excludes halogenated alkanes) is 15. The lowest BCUT2D eigenvalue weighted by Crippen LogP contribution is -2.38. The number of para-hydroxylation sites is 2. The molecule has 0 unspecified atom stereocenters. The summed E-state index contributed by atoms with van der Waals surface area (Å²) in [6, 6.07) is 8.04. The summed E-state index contributed by atoms with van der Waals surface area (Å²) in [4.78, 5) is 17.3. The van der Waals surface area contributed by atoms with Gasteiger partial charge in [0.05, 0.1) is 11.0 Å². The van der Waals surface area contributed by atoms with E-state index in [0.29, 0.717) is 5.82 Å². The zero-order valence-electron chi connectivity index (χ0n) is 21.6. The van der Waals surface area contributed by atoms with Crippen molar-refractivity contribution in [3.8, 4) is 0 Å². The number of hydrazine groups is 1. The molecule has 1 aromatic carbocycles. The summed E-state index contributed by atoms with van der Waals surface area (Å²) < 4.78 is 2.09. The molecule has 0 bridgehead atoms. The molecule has 0 saturated carbocycles. The molecule has 1 amide bonds. The topological polar surface area (TPSA) is 50.2 Å². The van der Waals surface area contributed by atoms with Gasteiger partial charge in [-0.3, -0.25) is 9.80 Å². The van der Waals surface area contributed by atoms with Crippen LogP contribution in [0.1, 0.15) is 120 Å². The fraction of sp³-hybridized carbons (Fsp3) is 0.714. The number of hydrogen-bond acceptors (Lipinski definition) is 3. The van der Waals surface area contributed by atoms with Gasteiger partial charge in [-0.15, -0.1) is 0 Å². The van der Waals surface area contributed by atoms with Crippen LogP contribution in [0.4, 0.5) is 0 Å². The highest BCUT2D eigenvalue weighted by Gasteiger charge is 2.19. The van der Waals surface area contributed by atoms with Crippen molar-refractivity contribution in [1.82, 2.24) is 20.0 Å². The van der Waals surface area contributed by atoms with Gasteiger partial charge in [0.25, 0.3) is 0 Å². The van der Waals surface area contributed by atoms with Crippen molar-refractivity contribution in [3.63, 3.8) is 0 Å². The molecule has 2 aromatic rings. The van der Waals surface area contributed by atoms with Crippen LogP contribution in [-0.2, 0) is 6.54 Å². The Morgan fingerprint density at radius 2 is 1.30 bits per heavy atom. The first-order valence-corrected chi connectivity index (χ1v) is 13.6. The maximum Gasteiger partial charge on any atom is 0.303 e. The number of benzene rings is 1. The van der Waals surface area contributed by atoms with Crippen molar-refractivity contribution in [2.75, 3.05) is 14.1 Å². The highest BCUT2D eigenvalue weighted by atomic mass is 16.2. The van der Waals surface area contributed by atoms with E-state index in [2.05, 4.69) is 28.0 Å². The van der Waals surface area contributed by atoms with Crippen molar-refractivity contribution in [2.45, 2.75) is 116 Å². The van der Waals surface area contributed by atoms with E-state index < -0.39 is 0 Å². The van der Waals surface area contributed by atoms with Crippen molar-refractivity contribution >= 4 is 16.9 Å². The molecule has 1 aromatic heterocycles. The Balaban J connectivity index is 1.56. The summed E-state index contributed by atoms with van der Waals surface area (Å²) in [5, 5.41) is 1.49. The Morgan fingerprint density at radius 3 is 1.82 bits per heavy atom. The average molecular weight is 457 g/mol. The maximum atomic E-state index is 12.7. The molecule has 5 heteroatoms. The Bertz CT molecular complexity index is 785. The van der Waals surface area contributed by atoms with Gasteiger partial charge >= 0.3 is 5.91 Å². The largest absolute Gasteiger partial charge is 0.320 e. The summed E-state index contributed by atoms with van der Waals surface area (Å²) in [5.74, 6) is 0.430. The number of amides is 1. The summed E-state index contributed by atoms with van der Waals surface area (Å²) in [6.07, 6.45) is 21.8. The van der Waals surface area contributed by atoms with Crippen LogP contribution in [0.25, 0.3) is 11.0 Å². The Labute approximate surface area is 202 Å². The Hall–Kier alpha value is -1.88. The lowest BCUT2D eigenvalue weighted by molar-refractivity contribution is 0.0718. The highest BCUT2D eigenvalue weighted by molar-refractivity contribution is 5.94. The first-order chi connectivity index (χ1) is 16.2. The fourth-order valence-corrected chi connectivity index (χ4v) is 4.53. The maximum absolute atomic E-state index is 12.7. The molecular weight excluding hydrogens is 408 g/mol. The van der Waals surface area contributed by atoms with Gasteiger partial charge in [-0.25, -0.2) is 10.4 Å². The van der Waals surface area contributed by atoms with Crippen molar-refractivity contribution in [1.29, 1.82) is 0 Å². The van der Waals surface area contributed by atoms with E-state index >= 15 is 0 Å². The van der Waals surface area contributed by atoms with Gasteiger partial charge in [-0.05, 0) is 18.6 Å². The van der Waals surface area contributed by atoms with Crippen LogP contribution in [0.3, 0.4) is 0 Å². The number of aromatic nitrogens is 2. The Kier molecular flexibility index (Phi) is 13.8. The minimum absolute atomic E-state index is 0.0924. The van der Waals surface area contributed by atoms with E-state index in [4.69, 9.17) is 0 Å². The molecule has 1 N–H and O–H groups in total. The summed E-state index contributed by atoms with van der Waals surface area (Å²) in [7, 11) is 3.49. The third-order valence-corrected chi connectivity index (χ3v) is 6.72. The zero-order valence-corrected chi connectivity index (χ0v) is 21.6. The SMILES string of the molecule is CCCCCCCCCCCCCCCCCCn1c(C(=O)N(C)NC)nc2ccccc21. The fourth-order valence-electron chi connectivity index (χ4n) is 4.53. The lowest BCUT2D eigenvalue weighted by atomic mass is 10.0. The normalized spacial score (nSPS) is 11.4. The Morgan fingerprint density at radius 1 is 0.818 bits per heavy atom. The standard InChI is InChI=1S/C28H48N4O/c1-4-5-6-7-8-9-10-11-12-13-14-15-16-17-18-21-24-32-26-23-20-19-22-25(26)30-27(32)28(33)31(3)29-2/h19-20,22-23,29H,4-18,21,24H2,1-3H3. The van der Waals surface area contributed by atoms with E-state index in [-0.39, 0.29) is 5.91 Å². The average Bonchev–Trinajstić information content (AvgIpc) is 3.21. The van der Waals surface area contributed by atoms with E-state index in [0.717, 1.165) is 24.0 Å². The number of nitrogens with zero attached hydrogens (tertiary/aromatic N) is 3. The molecule has 186 valence electrons. The molecule has 2 rings (SSSR count). The molecule has 5 nitrogen and oxygen atoms in total. The number of fused-ring (bicyclic) bond motifs is 1. The van der Waals surface area contributed by atoms with Gasteiger partial charge in [0.1, 0.15) is 0 Å². The summed E-state index contributed by atoms with van der Waals surface area (Å²) in [5.41, 5.74) is 4.83. The number of imidazole rings is 1. The number of rotatable bonds is 19. The molecule has 0 radical (unpaired) electrons. The van der Waals surface area contributed by atoms with Crippen LogP contribution < -0.4 is 5.43 Å². The summed E-state index contributed by atoms with van der Waals surface area (Å²) in [6.45, 7) is 3.13. The lowest BCUT2D eigenvalue weighted by Gasteiger charge is -2.16. The molecule has 1 heterocycles. The molecule has 0 aliphatic rings. The molecular formula is C28H48N4O. The van der Waals surface area contributed by atoms with Gasteiger partial charge in [0, 0.05) is 20.6 Å². The number of nitrogens with one attached hydrogen (secondary N) is 1. The minimum atomic E-state index is -0.0924. The number of hydrogen-bond donors (Lipinski definition) is 1. The summed E-state index contributed by atoms with van der Waals surface area (Å²) >= 11 is 0. The smallest absolute Gasteiger partial charge is 0.303 e. The number of aryl methyl sites for hydroxylation is 1. The second-order valence-electron chi connectivity index (χ2n) is 9.47. The molecule has 0 spiro atoms. The predicted octanol–water partition coefficient (Wildman–Crippen LogP) is 7.50. The zero-order chi connectivity index (χ0) is 23.7. The van der Waals surface area contributed by atoms with Crippen LogP contribution in [0.2, 0.25) is 0 Å². The molecule has 0 aliphatic carbocycles. The van der Waals surface area contributed by atoms with Gasteiger partial charge < -0.3 is 4.57 Å². The molecule has 0 fully saturated rings. The monoisotopic (exact) mass is 456 g/mol. The molecule has 0 aliphatic heterocycles. The third-order valence-electron chi connectivity index (χ3n) is 6.72. The highest BCUT2D eigenvalue weighted by Crippen LogP contribution is 2.19. The van der Waals surface area contributed by atoms with Crippen molar-refractivity contribution in [3.05, 3.63) is 30.1 Å². The number of carbonyl (C=O) groups excluding carboxylic acids is 1. The van der Waals surface area contributed by atoms with E-state index in [1.165, 1.54) is 101 Å². The molecule has 33 heavy (non-hydrogen) atoms. The van der Waals surface area contributed by atoms with Gasteiger partial charge in [0.2, 0.25) is 5.82 Å². The molecule has 0 atom stereocenters. The first-order valence-electron chi connectivity index (χ1n) is 13.6. The second kappa shape index (κ2) is 16.7. The van der Waals surface area contributed by atoms with Crippen LogP contribution in [0.5, 0.6) is 0 Å². The van der Waals surface area contributed by atoms with Crippen LogP contribution in [-0.4, -0.2) is 34.6 Å². The first kappa shape index (κ1) is 27.4. The molecule has 0 saturated heterocycles. The van der Waals surface area contributed by atoms with E-state index in [1.807, 2.05) is 18.2 Å². The predicted molar refractivity (Wildman–Crippen MR) is 140 cm³/mol. The van der Waals surface area contributed by atoms with Crippen molar-refractivity contribution < 1.29 is 4.79 Å². The van der Waals surface area contributed by atoms with E-state index in [1.54, 1.807) is 14.1 Å². The number of carbonyl (C=O) groups is 1. The second-order valence-corrected chi connectivity index (χ2v) is 9.47. The van der Waals surface area contributed by atoms with Crippen LogP contribution in [0, 0.1) is 0 Å². The van der Waals surface area contributed by atoms with Crippen molar-refractivity contribution in [2.24, 2.45) is 0 Å². The van der Waals surface area contributed by atoms with Gasteiger partial charge in [0.15, 0.2) is 0 Å². The van der Waals surface area contributed by atoms with Gasteiger partial charge in [-0.1, -0.05) is 115 Å². The van der Waals surface area contributed by atoms with Crippen LogP contribution >= 0.6 is 0 Å².